The van der Waals surface area contributed by atoms with E-state index in [1.165, 1.54) is 31.3 Å². The van der Waals surface area contributed by atoms with Crippen molar-refractivity contribution in [2.45, 2.75) is 10.7 Å². The molecule has 0 bridgehead atoms. The highest BCUT2D eigenvalue weighted by Crippen LogP contribution is 2.25. The Bertz CT molecular complexity index is 688. The Morgan fingerprint density at radius 3 is 1.96 bits per heavy atom. The number of rotatable bonds is 5. The maximum atomic E-state index is 12.2. The van der Waals surface area contributed by atoms with E-state index in [1.807, 2.05) is 0 Å². The van der Waals surface area contributed by atoms with Crippen LogP contribution in [0.5, 0.6) is 0 Å². The Balaban J connectivity index is 2.02. The quantitative estimate of drug-likeness (QED) is 0.820. The Kier molecular flexibility index (Phi) is 5.70. The lowest BCUT2D eigenvalue weighted by atomic mass is 10.1. The van der Waals surface area contributed by atoms with E-state index in [1.54, 1.807) is 24.3 Å². The summed E-state index contributed by atoms with van der Waals surface area (Å²) >= 11 is 0.426. The Labute approximate surface area is 136 Å². The van der Waals surface area contributed by atoms with Crippen LogP contribution >= 0.6 is 11.8 Å². The molecule has 120 valence electrons. The zero-order chi connectivity index (χ0) is 16.8. The second kappa shape index (κ2) is 7.73. The number of benzene rings is 2. The van der Waals surface area contributed by atoms with Crippen LogP contribution < -0.4 is 10.6 Å². The number of alkyl halides is 2. The number of nitrogens with one attached hydrogen (secondary N) is 2. The summed E-state index contributed by atoms with van der Waals surface area (Å²) in [5.41, 5.74) is 1.38. The number of anilines is 1. The fraction of sp³-hybridized carbons (Fsp3) is 0.125. The van der Waals surface area contributed by atoms with E-state index in [0.29, 0.717) is 33.5 Å². The summed E-state index contributed by atoms with van der Waals surface area (Å²) in [4.78, 5) is 23.9. The van der Waals surface area contributed by atoms with Gasteiger partial charge in [-0.05, 0) is 48.5 Å². The van der Waals surface area contributed by atoms with Crippen LogP contribution in [-0.2, 0) is 0 Å². The van der Waals surface area contributed by atoms with Crippen molar-refractivity contribution in [1.29, 1.82) is 0 Å². The number of thioether (sulfide) groups is 1. The van der Waals surface area contributed by atoms with Crippen molar-refractivity contribution in [2.75, 3.05) is 12.4 Å². The molecule has 7 heteroatoms. The van der Waals surface area contributed by atoms with Crippen molar-refractivity contribution in [1.82, 2.24) is 5.32 Å². The number of carbonyl (C=O) groups is 2. The molecule has 0 fully saturated rings. The molecule has 0 atom stereocenters. The monoisotopic (exact) mass is 336 g/mol. The summed E-state index contributed by atoms with van der Waals surface area (Å²) in [6.45, 7) is 0. The van der Waals surface area contributed by atoms with Crippen LogP contribution in [0.2, 0.25) is 0 Å². The predicted octanol–water partition coefficient (Wildman–Crippen LogP) is 3.61. The molecule has 0 aliphatic rings. The zero-order valence-electron chi connectivity index (χ0n) is 12.2. The molecule has 4 nitrogen and oxygen atoms in total. The van der Waals surface area contributed by atoms with E-state index in [0.717, 1.165) is 0 Å². The number of carbonyl (C=O) groups excluding carboxylic acids is 2. The van der Waals surface area contributed by atoms with E-state index < -0.39 is 5.76 Å². The van der Waals surface area contributed by atoms with E-state index in [9.17, 15) is 18.4 Å². The van der Waals surface area contributed by atoms with Gasteiger partial charge in [-0.15, -0.1) is 0 Å². The molecule has 0 radical (unpaired) electrons. The van der Waals surface area contributed by atoms with E-state index >= 15 is 0 Å². The molecule has 2 aromatic carbocycles. The molecule has 0 heterocycles. The molecular weight excluding hydrogens is 322 g/mol. The van der Waals surface area contributed by atoms with Crippen molar-refractivity contribution in [3.8, 4) is 0 Å². The average Bonchev–Trinajstić information content (AvgIpc) is 2.55. The Morgan fingerprint density at radius 1 is 0.913 bits per heavy atom. The highest BCUT2D eigenvalue weighted by Gasteiger charge is 2.09. The highest BCUT2D eigenvalue weighted by atomic mass is 32.2. The van der Waals surface area contributed by atoms with E-state index in [4.69, 9.17) is 0 Å². The lowest BCUT2D eigenvalue weighted by Gasteiger charge is -2.07. The molecule has 0 spiro atoms. The molecule has 0 aromatic heterocycles. The number of hydrogen-bond acceptors (Lipinski definition) is 3. The summed E-state index contributed by atoms with van der Waals surface area (Å²) < 4.78 is 24.5. The van der Waals surface area contributed by atoms with Crippen molar-refractivity contribution < 1.29 is 18.4 Å². The maximum absolute atomic E-state index is 12.2. The molecule has 0 saturated heterocycles. The summed E-state index contributed by atoms with van der Waals surface area (Å²) in [6.07, 6.45) is 0. The molecular formula is C16H14F2N2O2S. The Hall–Kier alpha value is -2.41. The van der Waals surface area contributed by atoms with Crippen LogP contribution in [0.25, 0.3) is 0 Å². The minimum Gasteiger partial charge on any atom is -0.355 e. The lowest BCUT2D eigenvalue weighted by molar-refractivity contribution is 0.0962. The predicted molar refractivity (Wildman–Crippen MR) is 86.1 cm³/mol. The third-order valence-electron chi connectivity index (χ3n) is 2.97. The third kappa shape index (κ3) is 4.79. The number of hydrogen-bond donors (Lipinski definition) is 2. The van der Waals surface area contributed by atoms with Gasteiger partial charge in [0.2, 0.25) is 0 Å². The number of halogens is 2. The average molecular weight is 336 g/mol. The van der Waals surface area contributed by atoms with Gasteiger partial charge in [0.1, 0.15) is 0 Å². The first-order chi connectivity index (χ1) is 11.0. The van der Waals surface area contributed by atoms with Crippen LogP contribution in [-0.4, -0.2) is 24.6 Å². The van der Waals surface area contributed by atoms with E-state index in [-0.39, 0.29) is 11.8 Å². The fourth-order valence-corrected chi connectivity index (χ4v) is 2.34. The highest BCUT2D eigenvalue weighted by molar-refractivity contribution is 7.99. The van der Waals surface area contributed by atoms with Crippen molar-refractivity contribution in [2.24, 2.45) is 0 Å². The normalized spacial score (nSPS) is 10.4. The van der Waals surface area contributed by atoms with Crippen LogP contribution in [0.4, 0.5) is 14.5 Å². The minimum absolute atomic E-state index is 0.213. The van der Waals surface area contributed by atoms with Gasteiger partial charge in [0.25, 0.3) is 17.6 Å². The van der Waals surface area contributed by atoms with Crippen LogP contribution in [0.3, 0.4) is 0 Å². The second-order valence-electron chi connectivity index (χ2n) is 4.51. The number of amides is 2. The SMILES string of the molecule is CNC(=O)c1ccc(NC(=O)c2ccc(SC(F)F)cc2)cc1. The first kappa shape index (κ1) is 17.0. The van der Waals surface area contributed by atoms with Gasteiger partial charge in [0.15, 0.2) is 0 Å². The fourth-order valence-electron chi connectivity index (χ4n) is 1.84. The zero-order valence-corrected chi connectivity index (χ0v) is 13.0. The molecule has 2 aromatic rings. The van der Waals surface area contributed by atoms with Crippen LogP contribution in [0.1, 0.15) is 20.7 Å². The van der Waals surface area contributed by atoms with Crippen molar-refractivity contribution in [3.63, 3.8) is 0 Å². The molecule has 0 saturated carbocycles. The van der Waals surface area contributed by atoms with Gasteiger partial charge in [0, 0.05) is 28.8 Å². The summed E-state index contributed by atoms with van der Waals surface area (Å²) in [5, 5.41) is 5.18. The summed E-state index contributed by atoms with van der Waals surface area (Å²) in [7, 11) is 1.54. The molecule has 0 aliphatic heterocycles. The minimum atomic E-state index is -2.49. The smallest absolute Gasteiger partial charge is 0.288 e. The standard InChI is InChI=1S/C16H14F2N2O2S/c1-19-14(21)10-2-6-12(7-3-10)20-15(22)11-4-8-13(9-5-11)23-16(17)18/h2-9,16H,1H3,(H,19,21)(H,20,22). The van der Waals surface area contributed by atoms with Gasteiger partial charge in [-0.25, -0.2) is 0 Å². The van der Waals surface area contributed by atoms with Gasteiger partial charge < -0.3 is 10.6 Å². The Morgan fingerprint density at radius 2 is 1.43 bits per heavy atom. The van der Waals surface area contributed by atoms with Gasteiger partial charge in [0.05, 0.1) is 0 Å². The van der Waals surface area contributed by atoms with Crippen LogP contribution in [0.15, 0.2) is 53.4 Å². The van der Waals surface area contributed by atoms with Gasteiger partial charge in [-0.3, -0.25) is 9.59 Å². The summed E-state index contributed by atoms with van der Waals surface area (Å²) in [6, 6.07) is 12.3. The lowest BCUT2D eigenvalue weighted by Crippen LogP contribution is -2.17. The molecule has 0 unspecified atom stereocenters. The first-order valence-electron chi connectivity index (χ1n) is 6.68. The molecule has 23 heavy (non-hydrogen) atoms. The molecule has 2 N–H and O–H groups in total. The molecule has 2 rings (SSSR count). The van der Waals surface area contributed by atoms with Crippen LogP contribution in [0, 0.1) is 0 Å². The third-order valence-corrected chi connectivity index (χ3v) is 3.70. The summed E-state index contributed by atoms with van der Waals surface area (Å²) in [5.74, 6) is -3.06. The first-order valence-corrected chi connectivity index (χ1v) is 7.56. The van der Waals surface area contributed by atoms with E-state index in [2.05, 4.69) is 10.6 Å². The maximum Gasteiger partial charge on any atom is 0.288 e. The molecule has 2 amide bonds. The second-order valence-corrected chi connectivity index (χ2v) is 5.58. The molecule has 0 aliphatic carbocycles. The van der Waals surface area contributed by atoms with Gasteiger partial charge >= 0.3 is 0 Å². The van der Waals surface area contributed by atoms with Crippen molar-refractivity contribution >= 4 is 29.3 Å². The largest absolute Gasteiger partial charge is 0.355 e. The topological polar surface area (TPSA) is 58.2 Å². The van der Waals surface area contributed by atoms with Crippen molar-refractivity contribution in [3.05, 3.63) is 59.7 Å². The van der Waals surface area contributed by atoms with Gasteiger partial charge in [-0.2, -0.15) is 8.78 Å². The van der Waals surface area contributed by atoms with Gasteiger partial charge in [-0.1, -0.05) is 11.8 Å².